The zero-order valence-electron chi connectivity index (χ0n) is 5.79. The lowest BCUT2D eigenvalue weighted by Gasteiger charge is -2.02. The number of hydrogen-bond acceptors (Lipinski definition) is 2. The monoisotopic (exact) mass is 136 g/mol. The first kappa shape index (κ1) is 8.85. The zero-order chi connectivity index (χ0) is 5.98. The zero-order valence-corrected chi connectivity index (χ0v) is 5.79. The van der Waals surface area contributed by atoms with Gasteiger partial charge in [-0.3, -0.25) is 4.70 Å². The second-order valence-electron chi connectivity index (χ2n) is 2.34. The molecule has 1 aliphatic heterocycles. The van der Waals surface area contributed by atoms with Crippen LogP contribution in [0.1, 0.15) is 13.8 Å². The van der Waals surface area contributed by atoms with Gasteiger partial charge in [0.1, 0.15) is 6.10 Å². The highest BCUT2D eigenvalue weighted by atomic mass is 19.0. The van der Waals surface area contributed by atoms with Gasteiger partial charge < -0.3 is 9.47 Å². The van der Waals surface area contributed by atoms with E-state index in [2.05, 4.69) is 0 Å². The molecule has 1 unspecified atom stereocenters. The predicted molar refractivity (Wildman–Crippen MR) is 33.3 cm³/mol. The summed E-state index contributed by atoms with van der Waals surface area (Å²) in [6.07, 6.45) is 0.761. The molecule has 0 spiro atoms. The van der Waals surface area contributed by atoms with Crippen molar-refractivity contribution in [2.24, 2.45) is 0 Å². The Balaban J connectivity index is 0.000000640. The molecule has 0 amide bonds. The van der Waals surface area contributed by atoms with Crippen molar-refractivity contribution in [1.82, 2.24) is 0 Å². The van der Waals surface area contributed by atoms with Crippen LogP contribution in [0.15, 0.2) is 0 Å². The van der Waals surface area contributed by atoms with Gasteiger partial charge in [-0.1, -0.05) is 0 Å². The quantitative estimate of drug-likeness (QED) is 0.539. The van der Waals surface area contributed by atoms with E-state index in [1.165, 1.54) is 0 Å². The number of rotatable bonds is 3. The van der Waals surface area contributed by atoms with E-state index < -0.39 is 0 Å². The lowest BCUT2D eigenvalue weighted by Crippen LogP contribution is -2.07. The summed E-state index contributed by atoms with van der Waals surface area (Å²) >= 11 is 0. The first-order valence-electron chi connectivity index (χ1n) is 3.02. The summed E-state index contributed by atoms with van der Waals surface area (Å²) in [5.74, 6) is 0. The third kappa shape index (κ3) is 4.36. The molecule has 9 heavy (non-hydrogen) atoms. The second-order valence-corrected chi connectivity index (χ2v) is 2.34. The van der Waals surface area contributed by atoms with Gasteiger partial charge in [-0.05, 0) is 13.8 Å². The molecule has 0 aromatic heterocycles. The van der Waals surface area contributed by atoms with Crippen molar-refractivity contribution in [3.8, 4) is 0 Å². The fourth-order valence-corrected chi connectivity index (χ4v) is 0.464. The molecule has 0 N–H and O–H groups in total. The van der Waals surface area contributed by atoms with Crippen molar-refractivity contribution in [1.29, 1.82) is 0 Å². The molecule has 0 aromatic carbocycles. The summed E-state index contributed by atoms with van der Waals surface area (Å²) in [6.45, 7) is 5.73. The summed E-state index contributed by atoms with van der Waals surface area (Å²) in [6, 6.07) is 0. The van der Waals surface area contributed by atoms with Crippen LogP contribution in [-0.2, 0) is 9.47 Å². The maximum absolute atomic E-state index is 5.24. The molecule has 0 bridgehead atoms. The highest BCUT2D eigenvalue weighted by Gasteiger charge is 2.22. The van der Waals surface area contributed by atoms with E-state index in [0.29, 0.717) is 12.2 Å². The van der Waals surface area contributed by atoms with E-state index in [4.69, 9.17) is 9.47 Å². The first-order valence-corrected chi connectivity index (χ1v) is 3.02. The number of ether oxygens (including phenoxy) is 2. The van der Waals surface area contributed by atoms with Gasteiger partial charge in [-0.15, -0.1) is 0 Å². The molecule has 0 saturated carbocycles. The highest BCUT2D eigenvalue weighted by Crippen LogP contribution is 2.09. The molecule has 1 rings (SSSR count). The van der Waals surface area contributed by atoms with E-state index in [1.54, 1.807) is 0 Å². The SMILES string of the molecule is CC(C)OCC1CO1.F. The largest absolute Gasteiger partial charge is 0.376 e. The van der Waals surface area contributed by atoms with Crippen LogP contribution in [0, 0.1) is 0 Å². The Labute approximate surface area is 54.5 Å². The Morgan fingerprint density at radius 1 is 1.67 bits per heavy atom. The van der Waals surface area contributed by atoms with E-state index in [0.717, 1.165) is 13.2 Å². The predicted octanol–water partition coefficient (Wildman–Crippen LogP) is 0.963. The summed E-state index contributed by atoms with van der Waals surface area (Å²) in [5, 5.41) is 0. The third-order valence-corrected chi connectivity index (χ3v) is 1.02. The summed E-state index contributed by atoms with van der Waals surface area (Å²) in [5.41, 5.74) is 0. The molecule has 0 aliphatic carbocycles. The van der Waals surface area contributed by atoms with Crippen LogP contribution in [0.2, 0.25) is 0 Å². The number of epoxide rings is 1. The molecular weight excluding hydrogens is 123 g/mol. The van der Waals surface area contributed by atoms with Crippen LogP contribution in [-0.4, -0.2) is 25.4 Å². The van der Waals surface area contributed by atoms with E-state index >= 15 is 0 Å². The van der Waals surface area contributed by atoms with Gasteiger partial charge in [0.15, 0.2) is 0 Å². The number of hydrogen-bond donors (Lipinski definition) is 0. The maximum Gasteiger partial charge on any atom is 0.104 e. The molecule has 1 fully saturated rings. The molecule has 3 heteroatoms. The summed E-state index contributed by atoms with van der Waals surface area (Å²) in [7, 11) is 0. The highest BCUT2D eigenvalue weighted by molar-refractivity contribution is 4.67. The standard InChI is InChI=1S/C6H12O2.FH/c1-5(2)7-3-6-4-8-6;/h5-6H,3-4H2,1-2H3;1H. The van der Waals surface area contributed by atoms with Crippen molar-refractivity contribution < 1.29 is 14.2 Å². The lowest BCUT2D eigenvalue weighted by atomic mass is 10.4. The van der Waals surface area contributed by atoms with Crippen molar-refractivity contribution in [2.45, 2.75) is 26.1 Å². The molecule has 1 atom stereocenters. The molecule has 1 aliphatic rings. The topological polar surface area (TPSA) is 21.8 Å². The van der Waals surface area contributed by atoms with Crippen LogP contribution in [0.4, 0.5) is 4.70 Å². The average Bonchev–Trinajstić information content (AvgIpc) is 2.41. The molecule has 0 radical (unpaired) electrons. The van der Waals surface area contributed by atoms with Gasteiger partial charge in [-0.25, -0.2) is 0 Å². The van der Waals surface area contributed by atoms with Gasteiger partial charge in [-0.2, -0.15) is 0 Å². The molecule has 1 saturated heterocycles. The van der Waals surface area contributed by atoms with Gasteiger partial charge in [0, 0.05) is 0 Å². The van der Waals surface area contributed by atoms with Crippen LogP contribution in [0.3, 0.4) is 0 Å². The van der Waals surface area contributed by atoms with Crippen molar-refractivity contribution >= 4 is 0 Å². The molecular formula is C6H13FO2. The van der Waals surface area contributed by atoms with Crippen LogP contribution < -0.4 is 0 Å². The lowest BCUT2D eigenvalue weighted by molar-refractivity contribution is 0.0662. The van der Waals surface area contributed by atoms with Crippen molar-refractivity contribution in [2.75, 3.05) is 13.2 Å². The summed E-state index contributed by atoms with van der Waals surface area (Å²) in [4.78, 5) is 0. The Bertz CT molecular complexity index is 69.5. The fraction of sp³-hybridized carbons (Fsp3) is 1.00. The van der Waals surface area contributed by atoms with Gasteiger partial charge >= 0.3 is 0 Å². The minimum atomic E-state index is 0. The van der Waals surface area contributed by atoms with E-state index in [-0.39, 0.29) is 4.70 Å². The second kappa shape index (κ2) is 3.80. The maximum atomic E-state index is 5.24. The Kier molecular flexibility index (Phi) is 3.73. The Morgan fingerprint density at radius 2 is 2.22 bits per heavy atom. The molecule has 2 nitrogen and oxygen atoms in total. The van der Waals surface area contributed by atoms with Crippen LogP contribution >= 0.6 is 0 Å². The van der Waals surface area contributed by atoms with Crippen molar-refractivity contribution in [3.63, 3.8) is 0 Å². The smallest absolute Gasteiger partial charge is 0.104 e. The molecule has 56 valence electrons. The normalized spacial score (nSPS) is 23.7. The Hall–Kier alpha value is -0.150. The van der Waals surface area contributed by atoms with Gasteiger partial charge in [0.2, 0.25) is 0 Å². The first-order chi connectivity index (χ1) is 3.79. The van der Waals surface area contributed by atoms with Gasteiger partial charge in [0.25, 0.3) is 0 Å². The number of halogens is 1. The summed E-state index contributed by atoms with van der Waals surface area (Å²) < 4.78 is 10.2. The average molecular weight is 136 g/mol. The van der Waals surface area contributed by atoms with Gasteiger partial charge in [0.05, 0.1) is 19.3 Å². The van der Waals surface area contributed by atoms with E-state index in [1.807, 2.05) is 13.8 Å². The van der Waals surface area contributed by atoms with E-state index in [9.17, 15) is 0 Å². The van der Waals surface area contributed by atoms with Crippen molar-refractivity contribution in [3.05, 3.63) is 0 Å². The van der Waals surface area contributed by atoms with Crippen LogP contribution in [0.25, 0.3) is 0 Å². The molecule has 1 heterocycles. The molecule has 0 aromatic rings. The third-order valence-electron chi connectivity index (χ3n) is 1.02. The van der Waals surface area contributed by atoms with Crippen LogP contribution in [0.5, 0.6) is 0 Å². The fourth-order valence-electron chi connectivity index (χ4n) is 0.464. The Morgan fingerprint density at radius 3 is 2.56 bits per heavy atom. The minimum absolute atomic E-state index is 0. The minimum Gasteiger partial charge on any atom is -0.376 e.